The van der Waals surface area contributed by atoms with Gasteiger partial charge in [0.2, 0.25) is 10.0 Å². The molecular formula is C17H23ClN2O4S. The minimum atomic E-state index is -3.59. The summed E-state index contributed by atoms with van der Waals surface area (Å²) in [7, 11) is -3.59. The zero-order chi connectivity index (χ0) is 18.2. The molecule has 25 heavy (non-hydrogen) atoms. The molecule has 138 valence electrons. The lowest BCUT2D eigenvalue weighted by atomic mass is 9.86. The molecule has 0 atom stereocenters. The van der Waals surface area contributed by atoms with Gasteiger partial charge < -0.3 is 5.11 Å². The van der Waals surface area contributed by atoms with Crippen molar-refractivity contribution >= 4 is 27.6 Å². The van der Waals surface area contributed by atoms with Gasteiger partial charge in [0.15, 0.2) is 0 Å². The maximum atomic E-state index is 12.5. The molecule has 0 bridgehead atoms. The number of halogens is 1. The molecule has 0 radical (unpaired) electrons. The van der Waals surface area contributed by atoms with Crippen LogP contribution in [0.5, 0.6) is 0 Å². The molecule has 0 heterocycles. The lowest BCUT2D eigenvalue weighted by molar-refractivity contribution is -0.139. The Morgan fingerprint density at radius 1 is 1.36 bits per heavy atom. The monoisotopic (exact) mass is 386 g/mol. The topological polar surface area (TPSA) is 86.7 Å². The second-order valence-corrected chi connectivity index (χ2v) is 9.24. The predicted molar refractivity (Wildman–Crippen MR) is 95.3 cm³/mol. The molecule has 0 amide bonds. The van der Waals surface area contributed by atoms with Crippen molar-refractivity contribution in [2.24, 2.45) is 5.92 Å². The Balaban J connectivity index is 1.59. The maximum absolute atomic E-state index is 12.5. The second kappa shape index (κ2) is 7.23. The number of aliphatic carboxylic acids is 1. The van der Waals surface area contributed by atoms with Gasteiger partial charge in [-0.2, -0.15) is 0 Å². The molecule has 0 saturated heterocycles. The van der Waals surface area contributed by atoms with Gasteiger partial charge in [0.25, 0.3) is 0 Å². The standard InChI is InChI=1S/C17H23ClN2O4S/c1-11-6-13(18)4-5-16(11)25(23,24)19-14-7-15(8-14)20(10-17(21)22)9-12-2-3-12/h4-6,12,14-15,19H,2-3,7-10H2,1H3,(H,21,22). The van der Waals surface area contributed by atoms with Crippen LogP contribution in [-0.4, -0.2) is 49.6 Å². The number of carboxylic acid groups (broad SMARTS) is 1. The van der Waals surface area contributed by atoms with E-state index in [1.165, 1.54) is 6.07 Å². The van der Waals surface area contributed by atoms with E-state index in [9.17, 15) is 13.2 Å². The molecule has 2 fully saturated rings. The van der Waals surface area contributed by atoms with Crippen LogP contribution < -0.4 is 4.72 Å². The van der Waals surface area contributed by atoms with Gasteiger partial charge in [-0.25, -0.2) is 13.1 Å². The van der Waals surface area contributed by atoms with Crippen molar-refractivity contribution < 1.29 is 18.3 Å². The van der Waals surface area contributed by atoms with Gasteiger partial charge in [0.05, 0.1) is 11.4 Å². The average molecular weight is 387 g/mol. The zero-order valence-electron chi connectivity index (χ0n) is 14.1. The molecule has 6 nitrogen and oxygen atoms in total. The highest BCUT2D eigenvalue weighted by molar-refractivity contribution is 7.89. The number of hydrogen-bond acceptors (Lipinski definition) is 4. The fourth-order valence-electron chi connectivity index (χ4n) is 3.33. The molecule has 0 aliphatic heterocycles. The number of hydrogen-bond donors (Lipinski definition) is 2. The van der Waals surface area contributed by atoms with Gasteiger partial charge >= 0.3 is 5.97 Å². The van der Waals surface area contributed by atoms with Gasteiger partial charge in [-0.1, -0.05) is 11.6 Å². The van der Waals surface area contributed by atoms with Gasteiger partial charge in [-0.15, -0.1) is 0 Å². The average Bonchev–Trinajstić information content (AvgIpc) is 3.24. The zero-order valence-corrected chi connectivity index (χ0v) is 15.7. The van der Waals surface area contributed by atoms with Crippen molar-refractivity contribution in [1.29, 1.82) is 0 Å². The minimum Gasteiger partial charge on any atom is -0.480 e. The second-order valence-electron chi connectivity index (χ2n) is 7.12. The van der Waals surface area contributed by atoms with Crippen LogP contribution in [0, 0.1) is 12.8 Å². The lowest BCUT2D eigenvalue weighted by Crippen LogP contribution is -2.55. The summed E-state index contributed by atoms with van der Waals surface area (Å²) in [4.78, 5) is 13.3. The van der Waals surface area contributed by atoms with E-state index >= 15 is 0 Å². The first-order chi connectivity index (χ1) is 11.7. The largest absolute Gasteiger partial charge is 0.480 e. The first kappa shape index (κ1) is 18.6. The van der Waals surface area contributed by atoms with Crippen LogP contribution in [0.15, 0.2) is 23.1 Å². The van der Waals surface area contributed by atoms with Crippen LogP contribution in [0.1, 0.15) is 31.2 Å². The Morgan fingerprint density at radius 3 is 2.60 bits per heavy atom. The van der Waals surface area contributed by atoms with Crippen LogP contribution in [-0.2, 0) is 14.8 Å². The summed E-state index contributed by atoms with van der Waals surface area (Å²) in [5.74, 6) is -0.228. The van der Waals surface area contributed by atoms with Crippen LogP contribution in [0.25, 0.3) is 0 Å². The third-order valence-corrected chi connectivity index (χ3v) is 6.82. The Bertz CT molecular complexity index is 758. The molecule has 2 aliphatic carbocycles. The fraction of sp³-hybridized carbons (Fsp3) is 0.588. The van der Waals surface area contributed by atoms with Gasteiger partial charge in [-0.05, 0) is 62.3 Å². The summed E-state index contributed by atoms with van der Waals surface area (Å²) in [6.07, 6.45) is 3.61. The smallest absolute Gasteiger partial charge is 0.317 e. The Morgan fingerprint density at radius 2 is 2.04 bits per heavy atom. The van der Waals surface area contributed by atoms with E-state index < -0.39 is 16.0 Å². The number of carbonyl (C=O) groups is 1. The van der Waals surface area contributed by atoms with Crippen molar-refractivity contribution in [2.45, 2.75) is 49.6 Å². The Hall–Kier alpha value is -1.15. The number of aryl methyl sites for hydroxylation is 1. The first-order valence-corrected chi connectivity index (χ1v) is 10.3. The number of nitrogens with one attached hydrogen (secondary N) is 1. The molecule has 1 aromatic carbocycles. The van der Waals surface area contributed by atoms with Crippen LogP contribution in [0.2, 0.25) is 5.02 Å². The normalized spacial score (nSPS) is 23.5. The van der Waals surface area contributed by atoms with Crippen molar-refractivity contribution in [2.75, 3.05) is 13.1 Å². The quantitative estimate of drug-likeness (QED) is 0.715. The van der Waals surface area contributed by atoms with Crippen molar-refractivity contribution in [3.05, 3.63) is 28.8 Å². The molecule has 1 aromatic rings. The molecular weight excluding hydrogens is 364 g/mol. The molecule has 2 aliphatic rings. The van der Waals surface area contributed by atoms with E-state index in [-0.39, 0.29) is 23.5 Å². The van der Waals surface area contributed by atoms with Gasteiger partial charge in [0.1, 0.15) is 0 Å². The molecule has 8 heteroatoms. The molecule has 0 spiro atoms. The third-order valence-electron chi connectivity index (χ3n) is 4.91. The minimum absolute atomic E-state index is 0.0247. The highest BCUT2D eigenvalue weighted by Gasteiger charge is 2.39. The summed E-state index contributed by atoms with van der Waals surface area (Å²) in [5.41, 5.74) is 0.608. The van der Waals surface area contributed by atoms with Crippen LogP contribution in [0.4, 0.5) is 0 Å². The summed E-state index contributed by atoms with van der Waals surface area (Å²) < 4.78 is 27.8. The Labute approximate surface area is 153 Å². The number of nitrogens with zero attached hydrogens (tertiary/aromatic N) is 1. The van der Waals surface area contributed by atoms with Crippen LogP contribution in [0.3, 0.4) is 0 Å². The van der Waals surface area contributed by atoms with E-state index in [1.807, 2.05) is 4.90 Å². The molecule has 2 N–H and O–H groups in total. The Kier molecular flexibility index (Phi) is 5.39. The number of sulfonamides is 1. The molecule has 0 unspecified atom stereocenters. The lowest BCUT2D eigenvalue weighted by Gasteiger charge is -2.42. The maximum Gasteiger partial charge on any atom is 0.317 e. The number of benzene rings is 1. The summed E-state index contributed by atoms with van der Waals surface area (Å²) in [6, 6.07) is 4.69. The van der Waals surface area contributed by atoms with Crippen molar-refractivity contribution in [3.63, 3.8) is 0 Å². The SMILES string of the molecule is Cc1cc(Cl)ccc1S(=O)(=O)NC1CC(N(CC(=O)O)CC2CC2)C1. The molecule has 2 saturated carbocycles. The highest BCUT2D eigenvalue weighted by Crippen LogP contribution is 2.34. The van der Waals surface area contributed by atoms with E-state index in [0.29, 0.717) is 29.3 Å². The van der Waals surface area contributed by atoms with E-state index in [4.69, 9.17) is 16.7 Å². The van der Waals surface area contributed by atoms with Crippen molar-refractivity contribution in [3.8, 4) is 0 Å². The van der Waals surface area contributed by atoms with Crippen molar-refractivity contribution in [1.82, 2.24) is 9.62 Å². The fourth-order valence-corrected chi connectivity index (χ4v) is 5.04. The van der Waals surface area contributed by atoms with E-state index in [1.54, 1.807) is 19.1 Å². The number of rotatable bonds is 8. The first-order valence-electron chi connectivity index (χ1n) is 8.49. The van der Waals surface area contributed by atoms with Crippen LogP contribution >= 0.6 is 11.6 Å². The third kappa shape index (κ3) is 4.73. The molecule has 0 aromatic heterocycles. The molecule has 3 rings (SSSR count). The predicted octanol–water partition coefficient (Wildman–Crippen LogP) is 2.25. The number of carboxylic acids is 1. The summed E-state index contributed by atoms with van der Waals surface area (Å²) >= 11 is 5.88. The van der Waals surface area contributed by atoms with Gasteiger partial charge in [-0.3, -0.25) is 9.69 Å². The van der Waals surface area contributed by atoms with E-state index in [0.717, 1.165) is 19.4 Å². The van der Waals surface area contributed by atoms with Gasteiger partial charge in [0, 0.05) is 23.7 Å². The van der Waals surface area contributed by atoms with E-state index in [2.05, 4.69) is 4.72 Å². The summed E-state index contributed by atoms with van der Waals surface area (Å²) in [5, 5.41) is 9.58. The summed E-state index contributed by atoms with van der Waals surface area (Å²) in [6.45, 7) is 2.54. The highest BCUT2D eigenvalue weighted by atomic mass is 35.5.